The molecule has 1 fully saturated rings. The summed E-state index contributed by atoms with van der Waals surface area (Å²) in [6.07, 6.45) is 8.38. The van der Waals surface area contributed by atoms with Crippen molar-refractivity contribution < 1.29 is 0 Å². The number of aromatic nitrogens is 3. The highest BCUT2D eigenvalue weighted by atomic mass is 127. The van der Waals surface area contributed by atoms with Crippen LogP contribution in [0.4, 0.5) is 0 Å². The van der Waals surface area contributed by atoms with Crippen LogP contribution in [0.1, 0.15) is 45.1 Å². The van der Waals surface area contributed by atoms with Gasteiger partial charge in [-0.25, -0.2) is 9.67 Å². The van der Waals surface area contributed by atoms with Gasteiger partial charge in [-0.15, -0.1) is 0 Å². The number of benzene rings is 1. The van der Waals surface area contributed by atoms with E-state index in [0.717, 1.165) is 17.3 Å². The van der Waals surface area contributed by atoms with Gasteiger partial charge in [0.2, 0.25) is 0 Å². The molecule has 2 aromatic rings. The molecule has 1 aliphatic carbocycles. The third-order valence-corrected chi connectivity index (χ3v) is 5.10. The van der Waals surface area contributed by atoms with E-state index in [1.54, 1.807) is 0 Å². The van der Waals surface area contributed by atoms with Gasteiger partial charge in [-0.2, -0.15) is 5.10 Å². The molecule has 1 aromatic carbocycles. The molecule has 0 atom stereocenters. The minimum absolute atomic E-state index is 0.544. The van der Waals surface area contributed by atoms with Crippen molar-refractivity contribution in [3.8, 4) is 11.4 Å². The van der Waals surface area contributed by atoms with Crippen LogP contribution in [0.15, 0.2) is 30.6 Å². The SMILES string of the molecule is CCC1CCC(n2cnc(-c3ccc(I)cc3)n2)CC1. The van der Waals surface area contributed by atoms with E-state index < -0.39 is 0 Å². The first-order chi connectivity index (χ1) is 9.76. The molecule has 0 spiro atoms. The smallest absolute Gasteiger partial charge is 0.181 e. The Morgan fingerprint density at radius 2 is 1.85 bits per heavy atom. The van der Waals surface area contributed by atoms with Gasteiger partial charge in [0.15, 0.2) is 5.82 Å². The Bertz CT molecular complexity index is 553. The highest BCUT2D eigenvalue weighted by molar-refractivity contribution is 14.1. The fraction of sp³-hybridized carbons (Fsp3) is 0.500. The summed E-state index contributed by atoms with van der Waals surface area (Å²) >= 11 is 2.32. The van der Waals surface area contributed by atoms with E-state index >= 15 is 0 Å². The van der Waals surface area contributed by atoms with Crippen LogP contribution >= 0.6 is 22.6 Å². The first-order valence-corrected chi connectivity index (χ1v) is 8.51. The zero-order chi connectivity index (χ0) is 13.9. The predicted octanol–water partition coefficient (Wildman–Crippen LogP) is 4.69. The summed E-state index contributed by atoms with van der Waals surface area (Å²) in [6.45, 7) is 2.30. The molecule has 0 bridgehead atoms. The molecular formula is C16H20IN3. The molecular weight excluding hydrogens is 361 g/mol. The highest BCUT2D eigenvalue weighted by Crippen LogP contribution is 2.33. The third-order valence-electron chi connectivity index (χ3n) is 4.38. The average Bonchev–Trinajstić information content (AvgIpc) is 2.98. The summed E-state index contributed by atoms with van der Waals surface area (Å²) in [5.41, 5.74) is 1.10. The number of halogens is 1. The molecule has 1 heterocycles. The molecule has 1 saturated carbocycles. The summed E-state index contributed by atoms with van der Waals surface area (Å²) in [5.74, 6) is 1.77. The molecule has 4 heteroatoms. The van der Waals surface area contributed by atoms with Gasteiger partial charge in [0, 0.05) is 9.13 Å². The third kappa shape index (κ3) is 3.05. The van der Waals surface area contributed by atoms with Crippen LogP contribution in [-0.2, 0) is 0 Å². The normalized spacial score (nSPS) is 22.9. The standard InChI is InChI=1S/C16H20IN3/c1-2-12-3-9-15(10-4-12)20-11-18-16(19-20)13-5-7-14(17)8-6-13/h5-8,11-12,15H,2-4,9-10H2,1H3. The maximum Gasteiger partial charge on any atom is 0.181 e. The second kappa shape index (κ2) is 6.24. The van der Waals surface area contributed by atoms with Crippen LogP contribution in [0, 0.1) is 9.49 Å². The van der Waals surface area contributed by atoms with E-state index in [9.17, 15) is 0 Å². The molecule has 1 aliphatic rings. The van der Waals surface area contributed by atoms with Crippen LogP contribution in [0.3, 0.4) is 0 Å². The number of rotatable bonds is 3. The van der Waals surface area contributed by atoms with Gasteiger partial charge in [0.1, 0.15) is 6.33 Å². The predicted molar refractivity (Wildman–Crippen MR) is 89.5 cm³/mol. The Kier molecular flexibility index (Phi) is 4.38. The van der Waals surface area contributed by atoms with Crippen molar-refractivity contribution >= 4 is 22.6 Å². The number of hydrogen-bond donors (Lipinski definition) is 0. The van der Waals surface area contributed by atoms with Gasteiger partial charge in [-0.3, -0.25) is 0 Å². The molecule has 0 N–H and O–H groups in total. The largest absolute Gasteiger partial charge is 0.249 e. The minimum atomic E-state index is 0.544. The molecule has 1 aromatic heterocycles. The van der Waals surface area contributed by atoms with Crippen LogP contribution in [0.5, 0.6) is 0 Å². The lowest BCUT2D eigenvalue weighted by atomic mass is 9.85. The van der Waals surface area contributed by atoms with Gasteiger partial charge >= 0.3 is 0 Å². The van der Waals surface area contributed by atoms with Crippen molar-refractivity contribution in [3.63, 3.8) is 0 Å². The van der Waals surface area contributed by atoms with Crippen LogP contribution in [0.25, 0.3) is 11.4 Å². The summed E-state index contributed by atoms with van der Waals surface area (Å²) in [5, 5.41) is 4.69. The summed E-state index contributed by atoms with van der Waals surface area (Å²) in [7, 11) is 0. The van der Waals surface area contributed by atoms with Crippen LogP contribution < -0.4 is 0 Å². The Morgan fingerprint density at radius 3 is 2.50 bits per heavy atom. The lowest BCUT2D eigenvalue weighted by Crippen LogP contribution is -2.18. The van der Waals surface area contributed by atoms with Crippen LogP contribution in [0.2, 0.25) is 0 Å². The first-order valence-electron chi connectivity index (χ1n) is 7.43. The fourth-order valence-electron chi connectivity index (χ4n) is 3.00. The van der Waals surface area contributed by atoms with Crippen molar-refractivity contribution in [1.29, 1.82) is 0 Å². The minimum Gasteiger partial charge on any atom is -0.249 e. The maximum absolute atomic E-state index is 4.69. The maximum atomic E-state index is 4.69. The quantitative estimate of drug-likeness (QED) is 0.723. The molecule has 106 valence electrons. The lowest BCUT2D eigenvalue weighted by molar-refractivity contribution is 0.256. The van der Waals surface area contributed by atoms with E-state index in [-0.39, 0.29) is 0 Å². The average molecular weight is 381 g/mol. The molecule has 0 unspecified atom stereocenters. The molecule has 0 saturated heterocycles. The van der Waals surface area contributed by atoms with Crippen molar-refractivity contribution in [1.82, 2.24) is 14.8 Å². The van der Waals surface area contributed by atoms with Gasteiger partial charge in [-0.1, -0.05) is 25.5 Å². The topological polar surface area (TPSA) is 30.7 Å². The molecule has 3 rings (SSSR count). The Morgan fingerprint density at radius 1 is 1.15 bits per heavy atom. The van der Waals surface area contributed by atoms with E-state index in [4.69, 9.17) is 0 Å². The Balaban J connectivity index is 1.72. The molecule has 3 nitrogen and oxygen atoms in total. The van der Waals surface area contributed by atoms with Crippen molar-refractivity contribution in [3.05, 3.63) is 34.2 Å². The first kappa shape index (κ1) is 14.0. The zero-order valence-corrected chi connectivity index (χ0v) is 14.0. The van der Waals surface area contributed by atoms with E-state index in [1.165, 1.54) is 35.7 Å². The van der Waals surface area contributed by atoms with Gasteiger partial charge in [-0.05, 0) is 66.3 Å². The second-order valence-electron chi connectivity index (χ2n) is 5.64. The van der Waals surface area contributed by atoms with Crippen molar-refractivity contribution in [2.45, 2.75) is 45.1 Å². The number of hydrogen-bond acceptors (Lipinski definition) is 2. The number of nitrogens with zero attached hydrogens (tertiary/aromatic N) is 3. The summed E-state index contributed by atoms with van der Waals surface area (Å²) in [6, 6.07) is 8.93. The summed E-state index contributed by atoms with van der Waals surface area (Å²) < 4.78 is 3.32. The van der Waals surface area contributed by atoms with Gasteiger partial charge in [0.05, 0.1) is 6.04 Å². The molecule has 0 amide bonds. The molecule has 0 radical (unpaired) electrons. The van der Waals surface area contributed by atoms with E-state index in [1.807, 2.05) is 6.33 Å². The monoisotopic (exact) mass is 381 g/mol. The highest BCUT2D eigenvalue weighted by Gasteiger charge is 2.22. The molecule has 20 heavy (non-hydrogen) atoms. The van der Waals surface area contributed by atoms with Crippen molar-refractivity contribution in [2.24, 2.45) is 5.92 Å². The zero-order valence-electron chi connectivity index (χ0n) is 11.8. The summed E-state index contributed by atoms with van der Waals surface area (Å²) in [4.78, 5) is 4.48. The Hall–Kier alpha value is -0.910. The fourth-order valence-corrected chi connectivity index (χ4v) is 3.36. The van der Waals surface area contributed by atoms with Crippen molar-refractivity contribution in [2.75, 3.05) is 0 Å². The van der Waals surface area contributed by atoms with E-state index in [0.29, 0.717) is 6.04 Å². The molecule has 0 aliphatic heterocycles. The Labute approximate surface area is 133 Å². The van der Waals surface area contributed by atoms with Gasteiger partial charge in [0.25, 0.3) is 0 Å². The van der Waals surface area contributed by atoms with Crippen LogP contribution in [-0.4, -0.2) is 14.8 Å². The second-order valence-corrected chi connectivity index (χ2v) is 6.88. The van der Waals surface area contributed by atoms with Gasteiger partial charge < -0.3 is 0 Å². The van der Waals surface area contributed by atoms with E-state index in [2.05, 4.69) is 68.5 Å². The lowest BCUT2D eigenvalue weighted by Gasteiger charge is -2.27.